The second-order valence-electron chi connectivity index (χ2n) is 4.83. The standard InChI is InChI=1S/C13H17Cl3N2O2/c1-8(2)7-11(20)18-12(13(14,15)16)17-9-3-5-10(19)6-4-9/h3-6,8,12,17,19H,7H2,1-2H3,(H,18,20)/t12-/m1/s1. The summed E-state index contributed by atoms with van der Waals surface area (Å²) in [7, 11) is 0. The number of carbonyl (C=O) groups excluding carboxylic acids is 1. The molecule has 0 unspecified atom stereocenters. The number of halogens is 3. The van der Waals surface area contributed by atoms with Crippen molar-refractivity contribution in [3.63, 3.8) is 0 Å². The maximum Gasteiger partial charge on any atom is 0.228 e. The lowest BCUT2D eigenvalue weighted by molar-refractivity contribution is -0.122. The zero-order valence-corrected chi connectivity index (χ0v) is 13.4. The molecule has 0 saturated heterocycles. The van der Waals surface area contributed by atoms with Gasteiger partial charge >= 0.3 is 0 Å². The lowest BCUT2D eigenvalue weighted by Crippen LogP contribution is -2.49. The zero-order chi connectivity index (χ0) is 15.3. The first-order chi connectivity index (χ1) is 9.18. The van der Waals surface area contributed by atoms with Crippen molar-refractivity contribution in [2.24, 2.45) is 5.92 Å². The Morgan fingerprint density at radius 1 is 1.25 bits per heavy atom. The van der Waals surface area contributed by atoms with Crippen LogP contribution in [0.5, 0.6) is 5.75 Å². The van der Waals surface area contributed by atoms with Crippen LogP contribution in [0.2, 0.25) is 0 Å². The fraction of sp³-hybridized carbons (Fsp3) is 0.462. The van der Waals surface area contributed by atoms with Crippen LogP contribution in [0.4, 0.5) is 5.69 Å². The molecular weight excluding hydrogens is 323 g/mol. The highest BCUT2D eigenvalue weighted by Gasteiger charge is 2.34. The van der Waals surface area contributed by atoms with Crippen LogP contribution in [0.15, 0.2) is 24.3 Å². The van der Waals surface area contributed by atoms with E-state index >= 15 is 0 Å². The van der Waals surface area contributed by atoms with Crippen molar-refractivity contribution in [2.75, 3.05) is 5.32 Å². The van der Waals surface area contributed by atoms with Gasteiger partial charge in [0, 0.05) is 12.1 Å². The van der Waals surface area contributed by atoms with Crippen molar-refractivity contribution in [3.05, 3.63) is 24.3 Å². The average Bonchev–Trinajstić information content (AvgIpc) is 2.28. The summed E-state index contributed by atoms with van der Waals surface area (Å²) in [6, 6.07) is 6.22. The van der Waals surface area contributed by atoms with E-state index in [1.807, 2.05) is 13.8 Å². The predicted molar refractivity (Wildman–Crippen MR) is 83.4 cm³/mol. The molecule has 0 aliphatic carbocycles. The van der Waals surface area contributed by atoms with Crippen molar-refractivity contribution < 1.29 is 9.90 Å². The number of aromatic hydroxyl groups is 1. The van der Waals surface area contributed by atoms with Gasteiger partial charge in [-0.2, -0.15) is 0 Å². The van der Waals surface area contributed by atoms with Crippen LogP contribution < -0.4 is 10.6 Å². The van der Waals surface area contributed by atoms with E-state index in [1.165, 1.54) is 12.1 Å². The molecule has 1 atom stereocenters. The lowest BCUT2D eigenvalue weighted by atomic mass is 10.1. The number of phenols is 1. The van der Waals surface area contributed by atoms with Crippen molar-refractivity contribution in [3.8, 4) is 5.75 Å². The molecule has 0 aliphatic rings. The fourth-order valence-electron chi connectivity index (χ4n) is 1.51. The van der Waals surface area contributed by atoms with E-state index < -0.39 is 9.96 Å². The Morgan fingerprint density at radius 3 is 2.25 bits per heavy atom. The van der Waals surface area contributed by atoms with Gasteiger partial charge in [0.1, 0.15) is 11.9 Å². The van der Waals surface area contributed by atoms with Crippen LogP contribution in [-0.4, -0.2) is 21.0 Å². The largest absolute Gasteiger partial charge is 0.508 e. The van der Waals surface area contributed by atoms with Crippen LogP contribution in [0.25, 0.3) is 0 Å². The van der Waals surface area contributed by atoms with Gasteiger partial charge in [-0.15, -0.1) is 0 Å². The topological polar surface area (TPSA) is 61.4 Å². The van der Waals surface area contributed by atoms with Crippen molar-refractivity contribution >= 4 is 46.4 Å². The van der Waals surface area contributed by atoms with Crippen LogP contribution in [0.3, 0.4) is 0 Å². The molecule has 3 N–H and O–H groups in total. The first kappa shape index (κ1) is 17.2. The second-order valence-corrected chi connectivity index (χ2v) is 7.20. The number of alkyl halides is 3. The van der Waals surface area contributed by atoms with Crippen LogP contribution >= 0.6 is 34.8 Å². The zero-order valence-electron chi connectivity index (χ0n) is 11.2. The molecule has 0 bridgehead atoms. The number of hydrogen-bond donors (Lipinski definition) is 3. The number of anilines is 1. The third kappa shape index (κ3) is 6.07. The predicted octanol–water partition coefficient (Wildman–Crippen LogP) is 3.66. The molecule has 1 rings (SSSR count). The van der Waals surface area contributed by atoms with Gasteiger partial charge in [-0.3, -0.25) is 4.79 Å². The lowest BCUT2D eigenvalue weighted by Gasteiger charge is -2.27. The van der Waals surface area contributed by atoms with Crippen molar-refractivity contribution in [1.29, 1.82) is 0 Å². The van der Waals surface area contributed by atoms with Crippen molar-refractivity contribution in [1.82, 2.24) is 5.32 Å². The maximum atomic E-state index is 11.8. The van der Waals surface area contributed by atoms with Gasteiger partial charge in [0.15, 0.2) is 0 Å². The molecule has 0 radical (unpaired) electrons. The smallest absolute Gasteiger partial charge is 0.228 e. The molecule has 4 nitrogen and oxygen atoms in total. The molecule has 0 aliphatic heterocycles. The Balaban J connectivity index is 2.75. The van der Waals surface area contributed by atoms with Gasteiger partial charge in [0.2, 0.25) is 9.70 Å². The van der Waals surface area contributed by atoms with E-state index in [0.717, 1.165) is 0 Å². The van der Waals surface area contributed by atoms with E-state index in [-0.39, 0.29) is 17.6 Å². The summed E-state index contributed by atoms with van der Waals surface area (Å²) in [5, 5.41) is 14.8. The Bertz CT molecular complexity index is 444. The average molecular weight is 340 g/mol. The number of amides is 1. The molecule has 112 valence electrons. The molecule has 0 aromatic heterocycles. The van der Waals surface area contributed by atoms with Gasteiger partial charge in [0.05, 0.1) is 0 Å². The quantitative estimate of drug-likeness (QED) is 0.436. The Hall–Kier alpha value is -0.840. The SMILES string of the molecule is CC(C)CC(=O)N[C@@H](Nc1ccc(O)cc1)C(Cl)(Cl)Cl. The minimum absolute atomic E-state index is 0.129. The third-order valence-electron chi connectivity index (χ3n) is 2.40. The van der Waals surface area contributed by atoms with Crippen LogP contribution in [-0.2, 0) is 4.79 Å². The minimum Gasteiger partial charge on any atom is -0.508 e. The number of carbonyl (C=O) groups is 1. The number of benzene rings is 1. The van der Waals surface area contributed by atoms with Crippen molar-refractivity contribution in [2.45, 2.75) is 30.2 Å². The number of rotatable bonds is 5. The molecule has 0 spiro atoms. The van der Waals surface area contributed by atoms with E-state index in [2.05, 4.69) is 10.6 Å². The van der Waals surface area contributed by atoms with Gasteiger partial charge in [-0.25, -0.2) is 0 Å². The fourth-order valence-corrected chi connectivity index (χ4v) is 1.84. The Kier molecular flexibility index (Phi) is 6.24. The summed E-state index contributed by atoms with van der Waals surface area (Å²) < 4.78 is -1.70. The van der Waals surface area contributed by atoms with Gasteiger partial charge in [-0.1, -0.05) is 48.7 Å². The molecule has 1 amide bonds. The molecule has 20 heavy (non-hydrogen) atoms. The third-order valence-corrected chi connectivity index (χ3v) is 3.06. The maximum absolute atomic E-state index is 11.8. The summed E-state index contributed by atoms with van der Waals surface area (Å²) in [6.07, 6.45) is -0.530. The van der Waals surface area contributed by atoms with Crippen LogP contribution in [0, 0.1) is 5.92 Å². The van der Waals surface area contributed by atoms with Gasteiger partial charge < -0.3 is 15.7 Å². The molecular formula is C13H17Cl3N2O2. The summed E-state index contributed by atoms with van der Waals surface area (Å²) in [5.41, 5.74) is 0.615. The normalized spacial score (nSPS) is 13.1. The number of hydrogen-bond acceptors (Lipinski definition) is 3. The molecule has 7 heteroatoms. The monoisotopic (exact) mass is 338 g/mol. The van der Waals surface area contributed by atoms with E-state index in [4.69, 9.17) is 34.8 Å². The highest BCUT2D eigenvalue weighted by Crippen LogP contribution is 2.31. The molecule has 0 heterocycles. The first-order valence-electron chi connectivity index (χ1n) is 6.10. The summed E-state index contributed by atoms with van der Waals surface area (Å²) in [5.74, 6) is 0.132. The number of phenolic OH excluding ortho intramolecular Hbond substituents is 1. The molecule has 1 aromatic rings. The Morgan fingerprint density at radius 2 is 1.80 bits per heavy atom. The summed E-state index contributed by atoms with van der Waals surface area (Å²) in [6.45, 7) is 3.86. The van der Waals surface area contributed by atoms with E-state index in [1.54, 1.807) is 12.1 Å². The van der Waals surface area contributed by atoms with Gasteiger partial charge in [0.25, 0.3) is 0 Å². The Labute approximate surface area is 133 Å². The summed E-state index contributed by atoms with van der Waals surface area (Å²) >= 11 is 17.6. The van der Waals surface area contributed by atoms with Crippen LogP contribution in [0.1, 0.15) is 20.3 Å². The van der Waals surface area contributed by atoms with Gasteiger partial charge in [-0.05, 0) is 30.2 Å². The van der Waals surface area contributed by atoms with E-state index in [0.29, 0.717) is 12.1 Å². The summed E-state index contributed by atoms with van der Waals surface area (Å²) in [4.78, 5) is 11.8. The molecule has 0 fully saturated rings. The molecule has 1 aromatic carbocycles. The molecule has 0 saturated carbocycles. The minimum atomic E-state index is -1.70. The second kappa shape index (κ2) is 7.25. The van der Waals surface area contributed by atoms with E-state index in [9.17, 15) is 9.90 Å². The highest BCUT2D eigenvalue weighted by atomic mass is 35.6. The number of nitrogens with one attached hydrogen (secondary N) is 2. The first-order valence-corrected chi connectivity index (χ1v) is 7.23. The highest BCUT2D eigenvalue weighted by molar-refractivity contribution is 6.68.